The normalized spacial score (nSPS) is 19.5. The van der Waals surface area contributed by atoms with E-state index in [1.165, 1.54) is 22.3 Å². The van der Waals surface area contributed by atoms with Crippen LogP contribution >= 0.6 is 11.3 Å². The summed E-state index contributed by atoms with van der Waals surface area (Å²) in [5.41, 5.74) is 2.68. The number of hydrogen-bond donors (Lipinski definition) is 1. The van der Waals surface area contributed by atoms with E-state index in [4.69, 9.17) is 0 Å². The minimum absolute atomic E-state index is 0.110. The fourth-order valence-corrected chi connectivity index (χ4v) is 5.25. The lowest BCUT2D eigenvalue weighted by molar-refractivity contribution is -0.200. The Morgan fingerprint density at radius 1 is 1.19 bits per heavy atom. The van der Waals surface area contributed by atoms with Crippen LogP contribution in [0.5, 0.6) is 0 Å². The quantitative estimate of drug-likeness (QED) is 0.545. The van der Waals surface area contributed by atoms with Crippen molar-refractivity contribution in [3.05, 3.63) is 81.1 Å². The molecular weight excluding hydrogens is 428 g/mol. The van der Waals surface area contributed by atoms with Crippen LogP contribution in [0.15, 0.2) is 47.8 Å². The van der Waals surface area contributed by atoms with E-state index in [1.807, 2.05) is 43.5 Å². The van der Waals surface area contributed by atoms with E-state index < -0.39 is 30.1 Å². The highest BCUT2D eigenvalue weighted by atomic mass is 32.1. The van der Waals surface area contributed by atoms with Crippen LogP contribution in [0, 0.1) is 19.7 Å². The third-order valence-corrected chi connectivity index (χ3v) is 6.71. The van der Waals surface area contributed by atoms with Crippen molar-refractivity contribution in [3.63, 3.8) is 0 Å². The largest absolute Gasteiger partial charge is 0.416 e. The summed E-state index contributed by atoms with van der Waals surface area (Å²) >= 11 is 1.48. The molecule has 0 bridgehead atoms. The van der Waals surface area contributed by atoms with Gasteiger partial charge in [0, 0.05) is 29.5 Å². The number of aliphatic hydroxyl groups excluding tert-OH is 1. The van der Waals surface area contributed by atoms with E-state index in [0.717, 1.165) is 21.8 Å². The van der Waals surface area contributed by atoms with Crippen molar-refractivity contribution in [3.8, 4) is 0 Å². The highest BCUT2D eigenvalue weighted by Gasteiger charge is 2.48. The molecule has 2 heterocycles. The van der Waals surface area contributed by atoms with Crippen LogP contribution < -0.4 is 4.90 Å². The number of benzene rings is 2. The van der Waals surface area contributed by atoms with Crippen LogP contribution in [0.3, 0.4) is 0 Å². The second kappa shape index (κ2) is 7.91. The molecule has 2 aromatic carbocycles. The van der Waals surface area contributed by atoms with Crippen LogP contribution in [0.25, 0.3) is 0 Å². The van der Waals surface area contributed by atoms with E-state index in [0.29, 0.717) is 12.0 Å². The number of aromatic nitrogens is 1. The average molecular weight is 451 g/mol. The molecule has 3 aromatic rings. The maximum absolute atomic E-state index is 15.0. The van der Waals surface area contributed by atoms with E-state index in [-0.39, 0.29) is 12.2 Å². The lowest BCUT2D eigenvalue weighted by Crippen LogP contribution is -2.44. The first-order valence-electron chi connectivity index (χ1n) is 9.87. The standard InChI is InChI=1S/C23H22F4N2OS/c1-14-5-3-6-16(9-14)22(10-20-28-15(2)12-31-20)13-29(11-19(30)23(25,26)27)21-17(22)7-4-8-18(21)24/h3-9,12,19,30H,10-11,13H2,1-2H3/t19-,22?/m1/s1. The number of hydrogen-bond acceptors (Lipinski definition) is 4. The Morgan fingerprint density at radius 3 is 2.58 bits per heavy atom. The van der Waals surface area contributed by atoms with E-state index >= 15 is 0 Å². The molecule has 1 aromatic heterocycles. The first-order valence-corrected chi connectivity index (χ1v) is 10.7. The third kappa shape index (κ3) is 4.06. The predicted molar refractivity (Wildman–Crippen MR) is 113 cm³/mol. The molecule has 164 valence electrons. The average Bonchev–Trinajstić information content (AvgIpc) is 3.24. The molecule has 0 saturated carbocycles. The summed E-state index contributed by atoms with van der Waals surface area (Å²) in [6.45, 7) is 3.20. The van der Waals surface area contributed by atoms with Gasteiger partial charge in [-0.1, -0.05) is 42.0 Å². The SMILES string of the molecule is Cc1cccc(C2(Cc3nc(C)cs3)CN(C[C@@H](O)C(F)(F)F)c3c(F)cccc32)c1. The maximum Gasteiger partial charge on any atom is 0.416 e. The Labute approximate surface area is 182 Å². The second-order valence-electron chi connectivity index (χ2n) is 8.08. The van der Waals surface area contributed by atoms with Crippen molar-refractivity contribution in [1.82, 2.24) is 4.98 Å². The molecule has 1 unspecified atom stereocenters. The lowest BCUT2D eigenvalue weighted by Gasteiger charge is -2.32. The number of halogens is 4. The number of nitrogens with zero attached hydrogens (tertiary/aromatic N) is 2. The summed E-state index contributed by atoms with van der Waals surface area (Å²) in [4.78, 5) is 5.89. The molecule has 0 saturated heterocycles. The Kier molecular flexibility index (Phi) is 5.55. The number of para-hydroxylation sites is 1. The Balaban J connectivity index is 1.87. The van der Waals surface area contributed by atoms with Gasteiger partial charge in [0.15, 0.2) is 6.10 Å². The van der Waals surface area contributed by atoms with Crippen LogP contribution in [0.2, 0.25) is 0 Å². The number of β-amino-alcohol motifs (C(OH)–C–C–N with tert-alkyl or cyclic N) is 1. The van der Waals surface area contributed by atoms with Gasteiger partial charge in [-0.25, -0.2) is 9.37 Å². The van der Waals surface area contributed by atoms with Crippen molar-refractivity contribution in [2.75, 3.05) is 18.0 Å². The van der Waals surface area contributed by atoms with Gasteiger partial charge in [0.2, 0.25) is 0 Å². The van der Waals surface area contributed by atoms with Gasteiger partial charge in [0.1, 0.15) is 5.82 Å². The van der Waals surface area contributed by atoms with Crippen molar-refractivity contribution in [1.29, 1.82) is 0 Å². The van der Waals surface area contributed by atoms with E-state index in [2.05, 4.69) is 4.98 Å². The Hall–Kier alpha value is -2.45. The molecule has 1 N–H and O–H groups in total. The van der Waals surface area contributed by atoms with Gasteiger partial charge in [-0.2, -0.15) is 13.2 Å². The zero-order chi connectivity index (χ0) is 22.4. The molecule has 3 nitrogen and oxygen atoms in total. The number of fused-ring (bicyclic) bond motifs is 1. The van der Waals surface area contributed by atoms with Gasteiger partial charge < -0.3 is 10.0 Å². The number of rotatable bonds is 5. The molecule has 0 amide bonds. The van der Waals surface area contributed by atoms with Gasteiger partial charge in [-0.05, 0) is 31.0 Å². The van der Waals surface area contributed by atoms with E-state index in [1.54, 1.807) is 12.1 Å². The molecule has 4 rings (SSSR count). The number of aliphatic hydroxyl groups is 1. The highest BCUT2D eigenvalue weighted by Crippen LogP contribution is 2.49. The number of aryl methyl sites for hydroxylation is 2. The fourth-order valence-electron chi connectivity index (χ4n) is 4.37. The molecule has 1 aliphatic heterocycles. The second-order valence-corrected chi connectivity index (χ2v) is 9.03. The number of alkyl halides is 3. The summed E-state index contributed by atoms with van der Waals surface area (Å²) in [5.74, 6) is -0.600. The zero-order valence-corrected chi connectivity index (χ0v) is 17.9. The minimum atomic E-state index is -4.79. The van der Waals surface area contributed by atoms with Crippen molar-refractivity contribution in [2.24, 2.45) is 0 Å². The minimum Gasteiger partial charge on any atom is -0.382 e. The molecule has 0 aliphatic carbocycles. The van der Waals surface area contributed by atoms with E-state index in [9.17, 15) is 22.7 Å². The molecule has 0 fully saturated rings. The zero-order valence-electron chi connectivity index (χ0n) is 17.1. The van der Waals surface area contributed by atoms with Crippen molar-refractivity contribution in [2.45, 2.75) is 38.0 Å². The topological polar surface area (TPSA) is 36.4 Å². The summed E-state index contributed by atoms with van der Waals surface area (Å²) < 4.78 is 54.3. The van der Waals surface area contributed by atoms with Gasteiger partial charge in [0.05, 0.1) is 17.2 Å². The summed E-state index contributed by atoms with van der Waals surface area (Å²) in [6, 6.07) is 12.3. The molecule has 31 heavy (non-hydrogen) atoms. The number of thiazole rings is 1. The van der Waals surface area contributed by atoms with Gasteiger partial charge >= 0.3 is 6.18 Å². The monoisotopic (exact) mass is 450 g/mol. The van der Waals surface area contributed by atoms with Crippen LogP contribution in [0.4, 0.5) is 23.2 Å². The van der Waals surface area contributed by atoms with Gasteiger partial charge in [-0.3, -0.25) is 0 Å². The van der Waals surface area contributed by atoms with Gasteiger partial charge in [-0.15, -0.1) is 11.3 Å². The smallest absolute Gasteiger partial charge is 0.382 e. The summed E-state index contributed by atoms with van der Waals surface area (Å²) in [5, 5.41) is 12.5. The maximum atomic E-state index is 15.0. The van der Waals surface area contributed by atoms with Crippen molar-refractivity contribution >= 4 is 17.0 Å². The molecule has 2 atom stereocenters. The first kappa shape index (κ1) is 21.8. The molecule has 0 spiro atoms. The molecule has 1 aliphatic rings. The lowest BCUT2D eigenvalue weighted by atomic mass is 9.73. The Morgan fingerprint density at radius 2 is 1.94 bits per heavy atom. The predicted octanol–water partition coefficient (Wildman–Crippen LogP) is 5.17. The number of anilines is 1. The van der Waals surface area contributed by atoms with Crippen LogP contribution in [-0.4, -0.2) is 35.5 Å². The third-order valence-electron chi connectivity index (χ3n) is 5.74. The molecule has 0 radical (unpaired) electrons. The highest BCUT2D eigenvalue weighted by molar-refractivity contribution is 7.09. The fraction of sp³-hybridized carbons (Fsp3) is 0.348. The summed E-state index contributed by atoms with van der Waals surface area (Å²) in [7, 11) is 0. The van der Waals surface area contributed by atoms with Crippen LogP contribution in [0.1, 0.15) is 27.4 Å². The molecule has 8 heteroatoms. The first-order chi connectivity index (χ1) is 14.6. The molecular formula is C23H22F4N2OS. The summed E-state index contributed by atoms with van der Waals surface area (Å²) in [6.07, 6.45) is -6.94. The Bertz CT molecular complexity index is 1100. The van der Waals surface area contributed by atoms with Crippen molar-refractivity contribution < 1.29 is 22.7 Å². The van der Waals surface area contributed by atoms with Gasteiger partial charge in [0.25, 0.3) is 0 Å². The van der Waals surface area contributed by atoms with Crippen LogP contribution in [-0.2, 0) is 11.8 Å².